The Hall–Kier alpha value is -3.08. The number of hydrogen-bond donors (Lipinski definition) is 0. The van der Waals surface area contributed by atoms with E-state index in [4.69, 9.17) is 0 Å². The Morgan fingerprint density at radius 1 is 0.958 bits per heavy atom. The molecule has 0 fully saturated rings. The lowest BCUT2D eigenvalue weighted by Gasteiger charge is -2.12. The SMILES string of the molecule is Cn1c(=O)c2c3c(n(-c4ccccc4)c2n(C)c1=O)CC=CC=C3. The van der Waals surface area contributed by atoms with Crippen LogP contribution in [-0.4, -0.2) is 13.7 Å². The molecular weight excluding hydrogens is 302 g/mol. The molecule has 3 aromatic rings. The van der Waals surface area contributed by atoms with Crippen LogP contribution in [0, 0.1) is 0 Å². The summed E-state index contributed by atoms with van der Waals surface area (Å²) in [7, 11) is 3.23. The standard InChI is InChI=1S/C19H17N3O2/c1-20-17-16(18(23)21(2)19(20)24)14-11-7-4-8-12-15(14)22(17)13-9-5-3-6-10-13/h3-11H,12H2,1-2H3. The van der Waals surface area contributed by atoms with Gasteiger partial charge in [-0.05, 0) is 12.1 Å². The number of hydrogen-bond acceptors (Lipinski definition) is 2. The normalized spacial score (nSPS) is 13.2. The lowest BCUT2D eigenvalue weighted by molar-refractivity contribution is 0.703. The molecule has 0 radical (unpaired) electrons. The van der Waals surface area contributed by atoms with Crippen molar-refractivity contribution in [3.05, 3.63) is 80.7 Å². The van der Waals surface area contributed by atoms with Crippen molar-refractivity contribution in [2.75, 3.05) is 0 Å². The zero-order valence-electron chi connectivity index (χ0n) is 13.6. The summed E-state index contributed by atoms with van der Waals surface area (Å²) in [6.45, 7) is 0. The summed E-state index contributed by atoms with van der Waals surface area (Å²) >= 11 is 0. The van der Waals surface area contributed by atoms with E-state index < -0.39 is 0 Å². The summed E-state index contributed by atoms with van der Waals surface area (Å²) in [5, 5.41) is 0.582. The molecule has 0 spiro atoms. The lowest BCUT2D eigenvalue weighted by Crippen LogP contribution is -2.37. The van der Waals surface area contributed by atoms with Gasteiger partial charge in [-0.1, -0.05) is 42.5 Å². The minimum atomic E-state index is -0.322. The van der Waals surface area contributed by atoms with Crippen molar-refractivity contribution < 1.29 is 0 Å². The average Bonchev–Trinajstić information content (AvgIpc) is 2.75. The zero-order chi connectivity index (χ0) is 16.8. The molecule has 2 aromatic heterocycles. The molecule has 0 bridgehead atoms. The first-order chi connectivity index (χ1) is 11.6. The first-order valence-electron chi connectivity index (χ1n) is 7.83. The maximum atomic E-state index is 12.8. The molecule has 0 amide bonds. The van der Waals surface area contributed by atoms with Crippen molar-refractivity contribution >= 4 is 17.1 Å². The Bertz CT molecular complexity index is 1130. The van der Waals surface area contributed by atoms with Crippen LogP contribution in [0.4, 0.5) is 0 Å². The van der Waals surface area contributed by atoms with Crippen LogP contribution in [0.1, 0.15) is 11.3 Å². The van der Waals surface area contributed by atoms with E-state index in [-0.39, 0.29) is 11.2 Å². The fraction of sp³-hybridized carbons (Fsp3) is 0.158. The largest absolute Gasteiger partial charge is 0.332 e. The molecule has 0 unspecified atom stereocenters. The van der Waals surface area contributed by atoms with Gasteiger partial charge < -0.3 is 0 Å². The van der Waals surface area contributed by atoms with Crippen molar-refractivity contribution in [1.29, 1.82) is 0 Å². The van der Waals surface area contributed by atoms with Gasteiger partial charge in [-0.3, -0.25) is 18.5 Å². The number of nitrogens with zero attached hydrogens (tertiary/aromatic N) is 3. The fourth-order valence-electron chi connectivity index (χ4n) is 3.37. The molecule has 0 aliphatic heterocycles. The summed E-state index contributed by atoms with van der Waals surface area (Å²) < 4.78 is 4.74. The van der Waals surface area contributed by atoms with Crippen LogP contribution in [-0.2, 0) is 20.5 Å². The van der Waals surface area contributed by atoms with Crippen molar-refractivity contribution in [3.63, 3.8) is 0 Å². The molecule has 1 aromatic carbocycles. The number of allylic oxidation sites excluding steroid dienone is 3. The molecule has 0 saturated heterocycles. The smallest absolute Gasteiger partial charge is 0.298 e. The summed E-state index contributed by atoms with van der Waals surface area (Å²) in [6, 6.07) is 9.83. The van der Waals surface area contributed by atoms with E-state index in [2.05, 4.69) is 6.08 Å². The van der Waals surface area contributed by atoms with Crippen LogP contribution < -0.4 is 11.2 Å². The van der Waals surface area contributed by atoms with Crippen molar-refractivity contribution in [1.82, 2.24) is 13.7 Å². The number of para-hydroxylation sites is 1. The second-order valence-electron chi connectivity index (χ2n) is 5.93. The van der Waals surface area contributed by atoms with E-state index in [9.17, 15) is 9.59 Å². The third kappa shape index (κ3) is 1.88. The fourth-order valence-corrected chi connectivity index (χ4v) is 3.37. The summed E-state index contributed by atoms with van der Waals surface area (Å²) in [4.78, 5) is 25.3. The molecular formula is C19H17N3O2. The first-order valence-corrected chi connectivity index (χ1v) is 7.83. The van der Waals surface area contributed by atoms with Gasteiger partial charge in [0, 0.05) is 37.5 Å². The molecule has 2 heterocycles. The summed E-state index contributed by atoms with van der Waals surface area (Å²) in [5.41, 5.74) is 2.90. The van der Waals surface area contributed by atoms with E-state index in [0.717, 1.165) is 16.9 Å². The first kappa shape index (κ1) is 14.5. The molecule has 0 atom stereocenters. The summed E-state index contributed by atoms with van der Waals surface area (Å²) in [6.07, 6.45) is 8.62. The van der Waals surface area contributed by atoms with E-state index in [0.29, 0.717) is 17.5 Å². The van der Waals surface area contributed by atoms with Gasteiger partial charge >= 0.3 is 5.69 Å². The van der Waals surface area contributed by atoms with E-state index in [1.165, 1.54) is 11.6 Å². The third-order valence-electron chi connectivity index (χ3n) is 4.53. The number of fused-ring (bicyclic) bond motifs is 3. The highest BCUT2D eigenvalue weighted by Gasteiger charge is 2.23. The predicted molar refractivity (Wildman–Crippen MR) is 95.6 cm³/mol. The molecule has 4 rings (SSSR count). The molecule has 120 valence electrons. The van der Waals surface area contributed by atoms with Crippen LogP contribution in [0.25, 0.3) is 22.8 Å². The maximum absolute atomic E-state index is 12.8. The number of benzene rings is 1. The minimum Gasteiger partial charge on any atom is -0.298 e. The topological polar surface area (TPSA) is 48.9 Å². The minimum absolute atomic E-state index is 0.259. The monoisotopic (exact) mass is 319 g/mol. The average molecular weight is 319 g/mol. The Balaban J connectivity index is 2.30. The van der Waals surface area contributed by atoms with Gasteiger partial charge in [0.2, 0.25) is 0 Å². The van der Waals surface area contributed by atoms with Gasteiger partial charge in [0.25, 0.3) is 5.56 Å². The van der Waals surface area contributed by atoms with Gasteiger partial charge in [-0.2, -0.15) is 0 Å². The molecule has 24 heavy (non-hydrogen) atoms. The molecule has 5 nitrogen and oxygen atoms in total. The number of aromatic nitrogens is 3. The van der Waals surface area contributed by atoms with Gasteiger partial charge in [0.15, 0.2) is 0 Å². The lowest BCUT2D eigenvalue weighted by atomic mass is 10.1. The van der Waals surface area contributed by atoms with E-state index in [1.54, 1.807) is 11.6 Å². The summed E-state index contributed by atoms with van der Waals surface area (Å²) in [5.74, 6) is 0. The Labute approximate surface area is 138 Å². The highest BCUT2D eigenvalue weighted by atomic mass is 16.2. The van der Waals surface area contributed by atoms with E-state index >= 15 is 0 Å². The highest BCUT2D eigenvalue weighted by molar-refractivity contribution is 5.90. The second-order valence-corrected chi connectivity index (χ2v) is 5.93. The second kappa shape index (κ2) is 5.23. The van der Waals surface area contributed by atoms with Gasteiger partial charge in [0.1, 0.15) is 5.65 Å². The molecule has 1 aliphatic carbocycles. The van der Waals surface area contributed by atoms with E-state index in [1.807, 2.05) is 53.1 Å². The van der Waals surface area contributed by atoms with Crippen LogP contribution in [0.15, 0.2) is 58.1 Å². The molecule has 0 saturated carbocycles. The van der Waals surface area contributed by atoms with Gasteiger partial charge in [-0.25, -0.2) is 4.79 Å². The molecule has 1 aliphatic rings. The van der Waals surface area contributed by atoms with Crippen LogP contribution >= 0.6 is 0 Å². The predicted octanol–water partition coefficient (Wildman–Crippen LogP) is 2.15. The van der Waals surface area contributed by atoms with Crippen molar-refractivity contribution in [3.8, 4) is 5.69 Å². The highest BCUT2D eigenvalue weighted by Crippen LogP contribution is 2.29. The van der Waals surface area contributed by atoms with Gasteiger partial charge in [0.05, 0.1) is 5.39 Å². The van der Waals surface area contributed by atoms with Crippen molar-refractivity contribution in [2.24, 2.45) is 14.1 Å². The van der Waals surface area contributed by atoms with Crippen LogP contribution in [0.2, 0.25) is 0 Å². The van der Waals surface area contributed by atoms with Crippen LogP contribution in [0.3, 0.4) is 0 Å². The zero-order valence-corrected chi connectivity index (χ0v) is 13.6. The third-order valence-corrected chi connectivity index (χ3v) is 4.53. The maximum Gasteiger partial charge on any atom is 0.332 e. The molecule has 0 N–H and O–H groups in total. The Kier molecular flexibility index (Phi) is 3.16. The van der Waals surface area contributed by atoms with Crippen LogP contribution in [0.5, 0.6) is 0 Å². The number of rotatable bonds is 1. The molecule has 5 heteroatoms. The Morgan fingerprint density at radius 3 is 2.46 bits per heavy atom. The van der Waals surface area contributed by atoms with Gasteiger partial charge in [-0.15, -0.1) is 0 Å². The van der Waals surface area contributed by atoms with Crippen molar-refractivity contribution in [2.45, 2.75) is 6.42 Å². The quantitative estimate of drug-likeness (QED) is 0.690. The Morgan fingerprint density at radius 2 is 1.71 bits per heavy atom. The number of aryl methyl sites for hydroxylation is 1.